The van der Waals surface area contributed by atoms with E-state index in [2.05, 4.69) is 10.5 Å². The zero-order valence-electron chi connectivity index (χ0n) is 15.4. The second-order valence-electron chi connectivity index (χ2n) is 5.91. The lowest BCUT2D eigenvalue weighted by Gasteiger charge is -2.08. The lowest BCUT2D eigenvalue weighted by molar-refractivity contribution is -0.386. The third-order valence-electron chi connectivity index (χ3n) is 4.01. The Morgan fingerprint density at radius 1 is 1.21 bits per heavy atom. The molecule has 0 bridgehead atoms. The number of phenols is 1. The molecule has 1 amide bonds. The van der Waals surface area contributed by atoms with Gasteiger partial charge in [-0.25, -0.2) is 5.43 Å². The highest BCUT2D eigenvalue weighted by atomic mass is 16.6. The standard InChI is InChI=1S/C20H17N3O6/c1-28-18-10-13(9-16(20(18)25)23(26)27)11-21-22-19(24)12-29-17-8-4-6-14-5-2-3-7-15(14)17/h2-11,25H,12H2,1H3,(H,22,24)/b21-11+. The fourth-order valence-electron chi connectivity index (χ4n) is 2.66. The van der Waals surface area contributed by atoms with Gasteiger partial charge in [0.05, 0.1) is 18.2 Å². The molecule has 0 aromatic heterocycles. The molecule has 3 rings (SSSR count). The Balaban J connectivity index is 1.64. The first-order chi connectivity index (χ1) is 14.0. The zero-order chi connectivity index (χ0) is 20.8. The Kier molecular flexibility index (Phi) is 5.88. The van der Waals surface area contributed by atoms with E-state index in [0.717, 1.165) is 16.8 Å². The molecular weight excluding hydrogens is 378 g/mol. The highest BCUT2D eigenvalue weighted by Crippen LogP contribution is 2.36. The summed E-state index contributed by atoms with van der Waals surface area (Å²) in [7, 11) is 1.27. The number of fused-ring (bicyclic) bond motifs is 1. The van der Waals surface area contributed by atoms with Gasteiger partial charge < -0.3 is 14.6 Å². The van der Waals surface area contributed by atoms with Crippen molar-refractivity contribution < 1.29 is 24.3 Å². The van der Waals surface area contributed by atoms with Crippen LogP contribution in [-0.2, 0) is 4.79 Å². The second-order valence-corrected chi connectivity index (χ2v) is 5.91. The van der Waals surface area contributed by atoms with Crippen molar-refractivity contribution >= 4 is 28.6 Å². The summed E-state index contributed by atoms with van der Waals surface area (Å²) >= 11 is 0. The molecule has 0 radical (unpaired) electrons. The van der Waals surface area contributed by atoms with E-state index in [1.54, 1.807) is 6.07 Å². The number of nitrogens with zero attached hydrogens (tertiary/aromatic N) is 2. The number of nitro groups is 1. The predicted molar refractivity (Wildman–Crippen MR) is 106 cm³/mol. The van der Waals surface area contributed by atoms with Gasteiger partial charge in [-0.2, -0.15) is 5.10 Å². The van der Waals surface area contributed by atoms with Gasteiger partial charge in [0.1, 0.15) is 5.75 Å². The molecule has 148 valence electrons. The number of hydrogen-bond donors (Lipinski definition) is 2. The number of benzene rings is 3. The predicted octanol–water partition coefficient (Wildman–Crippen LogP) is 2.99. The molecule has 0 fully saturated rings. The molecule has 0 aliphatic heterocycles. The smallest absolute Gasteiger partial charge is 0.315 e. The van der Waals surface area contributed by atoms with E-state index in [4.69, 9.17) is 9.47 Å². The van der Waals surface area contributed by atoms with E-state index in [1.165, 1.54) is 19.4 Å². The first-order valence-corrected chi connectivity index (χ1v) is 8.47. The number of nitro benzene ring substituents is 1. The highest BCUT2D eigenvalue weighted by Gasteiger charge is 2.19. The molecule has 0 atom stereocenters. The largest absolute Gasteiger partial charge is 0.500 e. The molecule has 9 nitrogen and oxygen atoms in total. The van der Waals surface area contributed by atoms with E-state index in [9.17, 15) is 20.0 Å². The third kappa shape index (κ3) is 4.59. The summed E-state index contributed by atoms with van der Waals surface area (Å²) in [5, 5.41) is 26.4. The highest BCUT2D eigenvalue weighted by molar-refractivity contribution is 5.89. The van der Waals surface area contributed by atoms with Gasteiger partial charge in [-0.3, -0.25) is 14.9 Å². The van der Waals surface area contributed by atoms with Crippen molar-refractivity contribution in [3.8, 4) is 17.2 Å². The molecule has 0 saturated heterocycles. The van der Waals surface area contributed by atoms with Crippen LogP contribution in [0.1, 0.15) is 5.56 Å². The molecule has 0 heterocycles. The summed E-state index contributed by atoms with van der Waals surface area (Å²) in [4.78, 5) is 22.2. The van der Waals surface area contributed by atoms with E-state index in [-0.39, 0.29) is 17.9 Å². The average Bonchev–Trinajstić information content (AvgIpc) is 2.73. The average molecular weight is 395 g/mol. The topological polar surface area (TPSA) is 123 Å². The van der Waals surface area contributed by atoms with Gasteiger partial charge in [0.25, 0.3) is 5.91 Å². The maximum atomic E-state index is 12.0. The molecular formula is C20H17N3O6. The van der Waals surface area contributed by atoms with E-state index in [1.807, 2.05) is 36.4 Å². The monoisotopic (exact) mass is 395 g/mol. The second kappa shape index (κ2) is 8.70. The molecule has 0 saturated carbocycles. The van der Waals surface area contributed by atoms with Gasteiger partial charge in [-0.15, -0.1) is 0 Å². The summed E-state index contributed by atoms with van der Waals surface area (Å²) in [6, 6.07) is 15.6. The van der Waals surface area contributed by atoms with Crippen molar-refractivity contribution in [2.75, 3.05) is 13.7 Å². The number of methoxy groups -OCH3 is 1. The van der Waals surface area contributed by atoms with Crippen molar-refractivity contribution in [2.45, 2.75) is 0 Å². The first-order valence-electron chi connectivity index (χ1n) is 8.47. The molecule has 0 unspecified atom stereocenters. The van der Waals surface area contributed by atoms with Gasteiger partial charge in [-0.05, 0) is 17.5 Å². The van der Waals surface area contributed by atoms with E-state index < -0.39 is 22.3 Å². The Labute approximate surface area is 165 Å². The van der Waals surface area contributed by atoms with Gasteiger partial charge in [0, 0.05) is 17.0 Å². The summed E-state index contributed by atoms with van der Waals surface area (Å²) in [5.41, 5.74) is 2.02. The number of phenolic OH excluding ortho intramolecular Hbond substituents is 1. The number of nitrogens with one attached hydrogen (secondary N) is 1. The minimum Gasteiger partial charge on any atom is -0.500 e. The first kappa shape index (κ1) is 19.6. The van der Waals surface area contributed by atoms with Gasteiger partial charge in [0.2, 0.25) is 5.75 Å². The number of carbonyl (C=O) groups is 1. The molecule has 3 aromatic rings. The van der Waals surface area contributed by atoms with Crippen LogP contribution in [-0.4, -0.2) is 35.9 Å². The Bertz CT molecular complexity index is 1090. The maximum absolute atomic E-state index is 12.0. The van der Waals surface area contributed by atoms with Crippen molar-refractivity contribution in [1.29, 1.82) is 0 Å². The normalized spacial score (nSPS) is 10.8. The Morgan fingerprint density at radius 2 is 1.97 bits per heavy atom. The molecule has 0 aliphatic rings. The van der Waals surface area contributed by atoms with Crippen LogP contribution in [0.4, 0.5) is 5.69 Å². The molecule has 2 N–H and O–H groups in total. The molecule has 0 spiro atoms. The fourth-order valence-corrected chi connectivity index (χ4v) is 2.66. The number of ether oxygens (including phenoxy) is 2. The van der Waals surface area contributed by atoms with Crippen molar-refractivity contribution in [1.82, 2.24) is 5.43 Å². The SMILES string of the molecule is COc1cc(/C=N/NC(=O)COc2cccc3ccccc23)cc([N+](=O)[O-])c1O. The van der Waals surface area contributed by atoms with Crippen molar-refractivity contribution in [3.63, 3.8) is 0 Å². The van der Waals surface area contributed by atoms with Gasteiger partial charge >= 0.3 is 5.69 Å². The van der Waals surface area contributed by atoms with Crippen LogP contribution in [0.3, 0.4) is 0 Å². The van der Waals surface area contributed by atoms with Gasteiger partial charge in [-0.1, -0.05) is 36.4 Å². The molecule has 3 aromatic carbocycles. The number of hydrogen-bond acceptors (Lipinski definition) is 7. The van der Waals surface area contributed by atoms with Crippen LogP contribution >= 0.6 is 0 Å². The summed E-state index contributed by atoms with van der Waals surface area (Å²) in [6.45, 7) is -0.260. The zero-order valence-corrected chi connectivity index (χ0v) is 15.4. The number of rotatable bonds is 7. The van der Waals surface area contributed by atoms with E-state index >= 15 is 0 Å². The van der Waals surface area contributed by atoms with Crippen LogP contribution in [0.25, 0.3) is 10.8 Å². The van der Waals surface area contributed by atoms with Crippen LogP contribution in [0.2, 0.25) is 0 Å². The number of hydrazone groups is 1. The Hall–Kier alpha value is -4.14. The van der Waals surface area contributed by atoms with Crippen molar-refractivity contribution in [2.24, 2.45) is 5.10 Å². The van der Waals surface area contributed by atoms with E-state index in [0.29, 0.717) is 5.75 Å². The maximum Gasteiger partial charge on any atom is 0.315 e. The fraction of sp³-hybridized carbons (Fsp3) is 0.100. The minimum atomic E-state index is -0.744. The minimum absolute atomic E-state index is 0.0775. The number of aromatic hydroxyl groups is 1. The summed E-state index contributed by atoms with van der Waals surface area (Å²) in [5.74, 6) is -0.594. The number of amides is 1. The Morgan fingerprint density at radius 3 is 2.72 bits per heavy atom. The van der Waals surface area contributed by atoms with Crippen LogP contribution in [0.15, 0.2) is 59.7 Å². The lowest BCUT2D eigenvalue weighted by Crippen LogP contribution is -2.24. The van der Waals surface area contributed by atoms with Gasteiger partial charge in [0.15, 0.2) is 12.4 Å². The summed E-state index contributed by atoms with van der Waals surface area (Å²) < 4.78 is 10.5. The van der Waals surface area contributed by atoms with Crippen LogP contribution < -0.4 is 14.9 Å². The van der Waals surface area contributed by atoms with Crippen LogP contribution in [0.5, 0.6) is 17.2 Å². The number of carbonyl (C=O) groups excluding carboxylic acids is 1. The quantitative estimate of drug-likeness (QED) is 0.360. The summed E-state index contributed by atoms with van der Waals surface area (Å²) in [6.07, 6.45) is 1.20. The molecule has 0 aliphatic carbocycles. The third-order valence-corrected chi connectivity index (χ3v) is 4.01. The van der Waals surface area contributed by atoms with Crippen LogP contribution in [0, 0.1) is 10.1 Å². The van der Waals surface area contributed by atoms with Crippen molar-refractivity contribution in [3.05, 3.63) is 70.3 Å². The molecule has 9 heteroatoms. The molecule has 29 heavy (non-hydrogen) atoms. The lowest BCUT2D eigenvalue weighted by atomic mass is 10.1.